The molecule has 1 amide bonds. The van der Waals surface area contributed by atoms with Crippen LogP contribution in [0, 0.1) is 0 Å². The lowest BCUT2D eigenvalue weighted by Gasteiger charge is -2.29. The van der Waals surface area contributed by atoms with E-state index in [9.17, 15) is 4.79 Å². The summed E-state index contributed by atoms with van der Waals surface area (Å²) in [6.45, 7) is 2.22. The van der Waals surface area contributed by atoms with Crippen LogP contribution in [-0.2, 0) is 4.79 Å². The summed E-state index contributed by atoms with van der Waals surface area (Å²) in [5.74, 6) is 1.37. The third-order valence-electron chi connectivity index (χ3n) is 3.55. The number of ether oxygens (including phenoxy) is 2. The van der Waals surface area contributed by atoms with E-state index in [0.717, 1.165) is 31.7 Å². The summed E-state index contributed by atoms with van der Waals surface area (Å²) in [5.41, 5.74) is 0.696. The number of likely N-dealkylation sites (tertiary alicyclic amines) is 1. The SMILES string of the molecule is CN1CCC(Oc2ccc3c(c2)NC(=O)CO3)CC1. The third-order valence-corrected chi connectivity index (χ3v) is 3.55. The van der Waals surface area contributed by atoms with Gasteiger partial charge in [0.05, 0.1) is 5.69 Å². The third kappa shape index (κ3) is 2.81. The number of nitrogens with zero attached hydrogens (tertiary/aromatic N) is 1. The second kappa shape index (κ2) is 5.09. The Kier molecular flexibility index (Phi) is 3.29. The summed E-state index contributed by atoms with van der Waals surface area (Å²) < 4.78 is 11.3. The van der Waals surface area contributed by atoms with Crippen LogP contribution in [0.15, 0.2) is 18.2 Å². The predicted octanol–water partition coefficient (Wildman–Crippen LogP) is 1.49. The van der Waals surface area contributed by atoms with Gasteiger partial charge >= 0.3 is 0 Å². The van der Waals surface area contributed by atoms with Crippen molar-refractivity contribution in [2.75, 3.05) is 32.1 Å². The highest BCUT2D eigenvalue weighted by Gasteiger charge is 2.20. The second-order valence-electron chi connectivity index (χ2n) is 5.12. The van der Waals surface area contributed by atoms with E-state index < -0.39 is 0 Å². The molecule has 1 aromatic carbocycles. The molecular formula is C14H18N2O3. The number of anilines is 1. The average Bonchev–Trinajstić information content (AvgIpc) is 2.41. The van der Waals surface area contributed by atoms with Crippen molar-refractivity contribution in [3.8, 4) is 11.5 Å². The van der Waals surface area contributed by atoms with E-state index in [1.54, 1.807) is 0 Å². The van der Waals surface area contributed by atoms with Crippen LogP contribution in [0.3, 0.4) is 0 Å². The maximum atomic E-state index is 11.3. The molecule has 0 unspecified atom stereocenters. The normalized spacial score (nSPS) is 20.4. The highest BCUT2D eigenvalue weighted by atomic mass is 16.5. The summed E-state index contributed by atoms with van der Waals surface area (Å²) in [6, 6.07) is 5.58. The van der Waals surface area contributed by atoms with Gasteiger partial charge in [0.2, 0.25) is 0 Å². The predicted molar refractivity (Wildman–Crippen MR) is 71.7 cm³/mol. The van der Waals surface area contributed by atoms with Crippen molar-refractivity contribution in [2.45, 2.75) is 18.9 Å². The number of nitrogens with one attached hydrogen (secondary N) is 1. The van der Waals surface area contributed by atoms with Gasteiger partial charge in [-0.05, 0) is 32.0 Å². The fraction of sp³-hybridized carbons (Fsp3) is 0.500. The topological polar surface area (TPSA) is 50.8 Å². The average molecular weight is 262 g/mol. The lowest BCUT2D eigenvalue weighted by atomic mass is 10.1. The summed E-state index contributed by atoms with van der Waals surface area (Å²) >= 11 is 0. The van der Waals surface area contributed by atoms with Crippen LogP contribution in [0.2, 0.25) is 0 Å². The highest BCUT2D eigenvalue weighted by Crippen LogP contribution is 2.32. The first-order chi connectivity index (χ1) is 9.20. The molecule has 0 aliphatic carbocycles. The quantitative estimate of drug-likeness (QED) is 0.877. The molecule has 5 nitrogen and oxygen atoms in total. The molecule has 0 aromatic heterocycles. The molecule has 3 rings (SSSR count). The zero-order valence-corrected chi connectivity index (χ0v) is 11.0. The van der Waals surface area contributed by atoms with Crippen LogP contribution in [0.25, 0.3) is 0 Å². The van der Waals surface area contributed by atoms with E-state index in [1.165, 1.54) is 0 Å². The largest absolute Gasteiger partial charge is 0.490 e. The monoisotopic (exact) mass is 262 g/mol. The molecule has 1 fully saturated rings. The van der Waals surface area contributed by atoms with Gasteiger partial charge in [-0.1, -0.05) is 0 Å². The molecule has 2 heterocycles. The summed E-state index contributed by atoms with van der Waals surface area (Å²) in [4.78, 5) is 13.6. The standard InChI is InChI=1S/C14H18N2O3/c1-16-6-4-10(5-7-16)19-11-2-3-13-12(8-11)15-14(17)9-18-13/h2-3,8,10H,4-7,9H2,1H3,(H,15,17). The molecule has 0 radical (unpaired) electrons. The molecule has 0 atom stereocenters. The number of piperidine rings is 1. The number of carbonyl (C=O) groups is 1. The molecule has 1 aromatic rings. The number of carbonyl (C=O) groups excluding carboxylic acids is 1. The van der Waals surface area contributed by atoms with Crippen LogP contribution in [0.4, 0.5) is 5.69 Å². The number of fused-ring (bicyclic) bond motifs is 1. The molecule has 5 heteroatoms. The van der Waals surface area contributed by atoms with Crippen molar-refractivity contribution in [1.82, 2.24) is 4.90 Å². The van der Waals surface area contributed by atoms with Gasteiger partial charge in [0, 0.05) is 19.2 Å². The molecule has 2 aliphatic rings. The Morgan fingerprint density at radius 2 is 2.16 bits per heavy atom. The van der Waals surface area contributed by atoms with E-state index in [0.29, 0.717) is 11.4 Å². The number of benzene rings is 1. The Bertz CT molecular complexity index is 482. The molecule has 102 valence electrons. The first-order valence-corrected chi connectivity index (χ1v) is 6.62. The molecule has 0 saturated carbocycles. The van der Waals surface area contributed by atoms with Crippen LogP contribution >= 0.6 is 0 Å². The van der Waals surface area contributed by atoms with Gasteiger partial charge in [-0.2, -0.15) is 0 Å². The van der Waals surface area contributed by atoms with Crippen molar-refractivity contribution in [3.05, 3.63) is 18.2 Å². The van der Waals surface area contributed by atoms with Crippen molar-refractivity contribution in [3.63, 3.8) is 0 Å². The minimum atomic E-state index is -0.121. The number of amides is 1. The smallest absolute Gasteiger partial charge is 0.262 e. The van der Waals surface area contributed by atoms with Crippen LogP contribution in [0.1, 0.15) is 12.8 Å². The van der Waals surface area contributed by atoms with Crippen LogP contribution in [0.5, 0.6) is 11.5 Å². The Balaban J connectivity index is 1.68. The summed E-state index contributed by atoms with van der Waals surface area (Å²) in [5, 5.41) is 2.79. The van der Waals surface area contributed by atoms with E-state index in [1.807, 2.05) is 18.2 Å². The van der Waals surface area contributed by atoms with Gasteiger partial charge < -0.3 is 19.7 Å². The number of hydrogen-bond donors (Lipinski definition) is 1. The Hall–Kier alpha value is -1.75. The van der Waals surface area contributed by atoms with E-state index in [2.05, 4.69) is 17.3 Å². The summed E-state index contributed by atoms with van der Waals surface area (Å²) in [6.07, 6.45) is 2.34. The molecule has 0 bridgehead atoms. The summed E-state index contributed by atoms with van der Waals surface area (Å²) in [7, 11) is 2.13. The highest BCUT2D eigenvalue weighted by molar-refractivity contribution is 5.95. The molecule has 19 heavy (non-hydrogen) atoms. The van der Waals surface area contributed by atoms with Gasteiger partial charge in [0.1, 0.15) is 17.6 Å². The lowest BCUT2D eigenvalue weighted by Crippen LogP contribution is -2.35. The first kappa shape index (κ1) is 12.3. The number of hydrogen-bond acceptors (Lipinski definition) is 4. The zero-order valence-electron chi connectivity index (χ0n) is 11.0. The van der Waals surface area contributed by atoms with Gasteiger partial charge in [0.15, 0.2) is 6.61 Å². The van der Waals surface area contributed by atoms with E-state index >= 15 is 0 Å². The Morgan fingerprint density at radius 1 is 1.37 bits per heavy atom. The molecular weight excluding hydrogens is 244 g/mol. The molecule has 0 spiro atoms. The minimum Gasteiger partial charge on any atom is -0.490 e. The maximum absolute atomic E-state index is 11.3. The molecule has 2 aliphatic heterocycles. The van der Waals surface area contributed by atoms with Gasteiger partial charge in [-0.15, -0.1) is 0 Å². The van der Waals surface area contributed by atoms with Gasteiger partial charge in [-0.25, -0.2) is 0 Å². The van der Waals surface area contributed by atoms with Crippen molar-refractivity contribution in [1.29, 1.82) is 0 Å². The van der Waals surface area contributed by atoms with Crippen molar-refractivity contribution < 1.29 is 14.3 Å². The molecule has 1 N–H and O–H groups in total. The Morgan fingerprint density at radius 3 is 2.95 bits per heavy atom. The maximum Gasteiger partial charge on any atom is 0.262 e. The number of rotatable bonds is 2. The van der Waals surface area contributed by atoms with Crippen molar-refractivity contribution >= 4 is 11.6 Å². The minimum absolute atomic E-state index is 0.0855. The zero-order chi connectivity index (χ0) is 13.2. The van der Waals surface area contributed by atoms with E-state index in [4.69, 9.17) is 9.47 Å². The second-order valence-corrected chi connectivity index (χ2v) is 5.12. The van der Waals surface area contributed by atoms with Crippen molar-refractivity contribution in [2.24, 2.45) is 0 Å². The first-order valence-electron chi connectivity index (χ1n) is 6.62. The molecule has 1 saturated heterocycles. The van der Waals surface area contributed by atoms with Gasteiger partial charge in [-0.3, -0.25) is 4.79 Å². The fourth-order valence-electron chi connectivity index (χ4n) is 2.43. The Labute approximate surface area is 112 Å². The van der Waals surface area contributed by atoms with Gasteiger partial charge in [0.25, 0.3) is 5.91 Å². The lowest BCUT2D eigenvalue weighted by molar-refractivity contribution is -0.118. The van der Waals surface area contributed by atoms with Crippen LogP contribution < -0.4 is 14.8 Å². The fourth-order valence-corrected chi connectivity index (χ4v) is 2.43. The van der Waals surface area contributed by atoms with Crippen LogP contribution in [-0.4, -0.2) is 43.7 Å². The van der Waals surface area contributed by atoms with E-state index in [-0.39, 0.29) is 18.6 Å².